The molecule has 19 heavy (non-hydrogen) atoms. The van der Waals surface area contributed by atoms with E-state index in [1.165, 1.54) is 7.05 Å². The van der Waals surface area contributed by atoms with Gasteiger partial charge in [0.05, 0.1) is 5.56 Å². The second-order valence-electron chi connectivity index (χ2n) is 4.87. The van der Waals surface area contributed by atoms with E-state index < -0.39 is 11.9 Å². The number of benzene rings is 1. The zero-order valence-corrected chi connectivity index (χ0v) is 10.9. The van der Waals surface area contributed by atoms with E-state index in [0.717, 1.165) is 10.1 Å². The number of aldehydes is 1. The van der Waals surface area contributed by atoms with E-state index in [9.17, 15) is 18.0 Å². The number of halogens is 3. The molecule has 102 valence electrons. The third-order valence-corrected chi connectivity index (χ3v) is 3.32. The maximum atomic E-state index is 13.0. The Labute approximate surface area is 108 Å². The lowest BCUT2D eigenvalue weighted by Crippen LogP contribution is -2.13. The highest BCUT2D eigenvalue weighted by Crippen LogP contribution is 2.37. The Kier molecular flexibility index (Phi) is 3.16. The molecule has 0 aliphatic rings. The molecular weight excluding hydrogens is 255 g/mol. The van der Waals surface area contributed by atoms with Crippen molar-refractivity contribution in [1.82, 2.24) is 4.57 Å². The SMILES string of the molecule is CC(C)c1ccc2c(c1)c(C=O)c(C(F)(F)F)n2C. The van der Waals surface area contributed by atoms with Gasteiger partial charge in [-0.25, -0.2) is 0 Å². The summed E-state index contributed by atoms with van der Waals surface area (Å²) >= 11 is 0. The van der Waals surface area contributed by atoms with Gasteiger partial charge < -0.3 is 4.57 Å². The fraction of sp³-hybridized carbons (Fsp3) is 0.357. The Balaban J connectivity index is 2.86. The molecule has 0 aliphatic carbocycles. The van der Waals surface area contributed by atoms with E-state index in [0.29, 0.717) is 10.9 Å². The molecule has 1 aromatic heterocycles. The lowest BCUT2D eigenvalue weighted by molar-refractivity contribution is -0.143. The zero-order valence-electron chi connectivity index (χ0n) is 10.9. The molecule has 0 radical (unpaired) electrons. The zero-order chi connectivity index (χ0) is 14.4. The predicted octanol–water partition coefficient (Wildman–Crippen LogP) is 4.13. The number of aromatic nitrogens is 1. The summed E-state index contributed by atoms with van der Waals surface area (Å²) in [6, 6.07) is 5.09. The number of carbonyl (C=O) groups is 1. The highest BCUT2D eigenvalue weighted by Gasteiger charge is 2.38. The molecule has 0 saturated carbocycles. The van der Waals surface area contributed by atoms with Crippen molar-refractivity contribution in [1.29, 1.82) is 0 Å². The summed E-state index contributed by atoms with van der Waals surface area (Å²) in [7, 11) is 1.33. The van der Waals surface area contributed by atoms with Crippen LogP contribution in [0, 0.1) is 0 Å². The van der Waals surface area contributed by atoms with Gasteiger partial charge in [-0.2, -0.15) is 13.2 Å². The van der Waals surface area contributed by atoms with Gasteiger partial charge in [0.15, 0.2) is 6.29 Å². The van der Waals surface area contributed by atoms with E-state index in [1.54, 1.807) is 18.2 Å². The average molecular weight is 269 g/mol. The molecule has 0 fully saturated rings. The van der Waals surface area contributed by atoms with E-state index in [4.69, 9.17) is 0 Å². The largest absolute Gasteiger partial charge is 0.432 e. The second-order valence-corrected chi connectivity index (χ2v) is 4.87. The van der Waals surface area contributed by atoms with Gasteiger partial charge in [-0.15, -0.1) is 0 Å². The molecular formula is C14H14F3NO. The summed E-state index contributed by atoms with van der Waals surface area (Å²) in [6.07, 6.45) is -4.25. The van der Waals surface area contributed by atoms with Crippen molar-refractivity contribution >= 4 is 17.2 Å². The number of rotatable bonds is 2. The Morgan fingerprint density at radius 2 is 1.89 bits per heavy atom. The van der Waals surface area contributed by atoms with Crippen LogP contribution in [0.2, 0.25) is 0 Å². The first kappa shape index (κ1) is 13.6. The lowest BCUT2D eigenvalue weighted by atomic mass is 10.0. The maximum Gasteiger partial charge on any atom is 0.432 e. The van der Waals surface area contributed by atoms with Crippen LogP contribution in [-0.4, -0.2) is 10.9 Å². The molecule has 0 saturated heterocycles. The van der Waals surface area contributed by atoms with E-state index >= 15 is 0 Å². The van der Waals surface area contributed by atoms with Gasteiger partial charge in [0.25, 0.3) is 0 Å². The number of fused-ring (bicyclic) bond motifs is 1. The standard InChI is InChI=1S/C14H14F3NO/c1-8(2)9-4-5-12-10(6-9)11(7-19)13(18(12)3)14(15,16)17/h4-8H,1-3H3. The summed E-state index contributed by atoms with van der Waals surface area (Å²) in [4.78, 5) is 11.1. The molecule has 2 aromatic rings. The number of aryl methyl sites for hydroxylation is 1. The van der Waals surface area contributed by atoms with Crippen molar-refractivity contribution in [2.45, 2.75) is 25.9 Å². The molecule has 0 unspecified atom stereocenters. The van der Waals surface area contributed by atoms with Crippen LogP contribution in [0.5, 0.6) is 0 Å². The average Bonchev–Trinajstić information content (AvgIpc) is 2.61. The van der Waals surface area contributed by atoms with Crippen molar-refractivity contribution in [2.24, 2.45) is 7.05 Å². The topological polar surface area (TPSA) is 22.0 Å². The number of alkyl halides is 3. The third kappa shape index (κ3) is 2.13. The van der Waals surface area contributed by atoms with Gasteiger partial charge in [-0.3, -0.25) is 4.79 Å². The van der Waals surface area contributed by atoms with Gasteiger partial charge in [0.1, 0.15) is 5.69 Å². The smallest absolute Gasteiger partial charge is 0.339 e. The van der Waals surface area contributed by atoms with Gasteiger partial charge >= 0.3 is 6.18 Å². The molecule has 1 heterocycles. The Hall–Kier alpha value is -1.78. The number of nitrogens with zero attached hydrogens (tertiary/aromatic N) is 1. The normalized spacial score (nSPS) is 12.4. The summed E-state index contributed by atoms with van der Waals surface area (Å²) < 4.78 is 40.1. The molecule has 0 atom stereocenters. The molecule has 5 heteroatoms. The Morgan fingerprint density at radius 3 is 2.37 bits per heavy atom. The van der Waals surface area contributed by atoms with Crippen LogP contribution in [0.25, 0.3) is 10.9 Å². The molecule has 2 rings (SSSR count). The van der Waals surface area contributed by atoms with Crippen LogP contribution in [0.1, 0.15) is 41.4 Å². The van der Waals surface area contributed by atoms with Crippen LogP contribution in [0.4, 0.5) is 13.2 Å². The minimum atomic E-state index is -4.54. The molecule has 0 aliphatic heterocycles. The van der Waals surface area contributed by atoms with Crippen LogP contribution in [0.3, 0.4) is 0 Å². The summed E-state index contributed by atoms with van der Waals surface area (Å²) in [5.41, 5.74) is 0.152. The fourth-order valence-electron chi connectivity index (χ4n) is 2.31. The van der Waals surface area contributed by atoms with Gasteiger partial charge in [0.2, 0.25) is 0 Å². The first-order valence-electron chi connectivity index (χ1n) is 5.92. The molecule has 0 N–H and O–H groups in total. The Bertz CT molecular complexity index is 638. The van der Waals surface area contributed by atoms with Crippen molar-refractivity contribution in [3.63, 3.8) is 0 Å². The lowest BCUT2D eigenvalue weighted by Gasteiger charge is -2.08. The molecule has 1 aromatic carbocycles. The monoisotopic (exact) mass is 269 g/mol. The molecule has 0 bridgehead atoms. The highest BCUT2D eigenvalue weighted by molar-refractivity contribution is 6.00. The van der Waals surface area contributed by atoms with E-state index in [1.807, 2.05) is 13.8 Å². The van der Waals surface area contributed by atoms with Gasteiger partial charge in [-0.05, 0) is 23.6 Å². The summed E-state index contributed by atoms with van der Waals surface area (Å²) in [5, 5.41) is 0.357. The van der Waals surface area contributed by atoms with Crippen LogP contribution in [0.15, 0.2) is 18.2 Å². The fourth-order valence-corrected chi connectivity index (χ4v) is 2.31. The second kappa shape index (κ2) is 4.40. The van der Waals surface area contributed by atoms with Gasteiger partial charge in [-0.1, -0.05) is 19.9 Å². The summed E-state index contributed by atoms with van der Waals surface area (Å²) in [5.74, 6) is 0.193. The minimum absolute atomic E-state index is 0.193. The van der Waals surface area contributed by atoms with Crippen LogP contribution in [-0.2, 0) is 13.2 Å². The first-order valence-corrected chi connectivity index (χ1v) is 5.92. The Morgan fingerprint density at radius 1 is 1.26 bits per heavy atom. The third-order valence-electron chi connectivity index (χ3n) is 3.32. The van der Waals surface area contributed by atoms with E-state index in [-0.39, 0.29) is 17.8 Å². The van der Waals surface area contributed by atoms with Crippen molar-refractivity contribution < 1.29 is 18.0 Å². The maximum absolute atomic E-state index is 13.0. The van der Waals surface area contributed by atoms with Gasteiger partial charge in [0, 0.05) is 18.0 Å². The van der Waals surface area contributed by atoms with Crippen molar-refractivity contribution in [2.75, 3.05) is 0 Å². The van der Waals surface area contributed by atoms with Crippen molar-refractivity contribution in [3.05, 3.63) is 35.0 Å². The molecule has 0 spiro atoms. The molecule has 2 nitrogen and oxygen atoms in total. The van der Waals surface area contributed by atoms with E-state index in [2.05, 4.69) is 0 Å². The highest BCUT2D eigenvalue weighted by atomic mass is 19.4. The van der Waals surface area contributed by atoms with Crippen LogP contribution < -0.4 is 0 Å². The predicted molar refractivity (Wildman–Crippen MR) is 67.4 cm³/mol. The minimum Gasteiger partial charge on any atom is -0.339 e. The summed E-state index contributed by atoms with van der Waals surface area (Å²) in [6.45, 7) is 3.91. The van der Waals surface area contributed by atoms with Crippen LogP contribution >= 0.6 is 0 Å². The first-order chi connectivity index (χ1) is 8.77. The number of carbonyl (C=O) groups excluding carboxylic acids is 1. The quantitative estimate of drug-likeness (QED) is 0.751. The van der Waals surface area contributed by atoms with Crippen molar-refractivity contribution in [3.8, 4) is 0 Å². The number of hydrogen-bond acceptors (Lipinski definition) is 1. The number of hydrogen-bond donors (Lipinski definition) is 0. The molecule has 0 amide bonds.